The Labute approximate surface area is 183 Å². The molecule has 7 nitrogen and oxygen atoms in total. The van der Waals surface area contributed by atoms with Gasteiger partial charge in [0.2, 0.25) is 17.7 Å². The quantitative estimate of drug-likeness (QED) is 0.467. The second kappa shape index (κ2) is 10.5. The highest BCUT2D eigenvalue weighted by Crippen LogP contribution is 2.30. The van der Waals surface area contributed by atoms with Gasteiger partial charge in [-0.2, -0.15) is 8.78 Å². The van der Waals surface area contributed by atoms with Gasteiger partial charge in [-0.05, 0) is 48.4 Å². The van der Waals surface area contributed by atoms with Crippen molar-refractivity contribution in [2.24, 2.45) is 0 Å². The van der Waals surface area contributed by atoms with Crippen molar-refractivity contribution in [2.45, 2.75) is 32.9 Å². The van der Waals surface area contributed by atoms with E-state index in [0.717, 1.165) is 5.56 Å². The lowest BCUT2D eigenvalue weighted by Crippen LogP contribution is -2.28. The van der Waals surface area contributed by atoms with E-state index in [-0.39, 0.29) is 49.3 Å². The summed E-state index contributed by atoms with van der Waals surface area (Å²) in [6, 6.07) is 11.2. The molecule has 1 fully saturated rings. The van der Waals surface area contributed by atoms with E-state index in [2.05, 4.69) is 10.1 Å². The van der Waals surface area contributed by atoms with Gasteiger partial charge in [0.25, 0.3) is 0 Å². The predicted octanol–water partition coefficient (Wildman–Crippen LogP) is 3.99. The monoisotopic (exact) mass is 444 g/mol. The highest BCUT2D eigenvalue weighted by Gasteiger charge is 2.28. The molecule has 1 heterocycles. The minimum absolute atomic E-state index is 0.0825. The van der Waals surface area contributed by atoms with Crippen molar-refractivity contribution < 1.29 is 32.6 Å². The van der Waals surface area contributed by atoms with Crippen LogP contribution in [-0.4, -0.2) is 35.8 Å². The van der Waals surface area contributed by atoms with Crippen LogP contribution in [0.2, 0.25) is 0 Å². The van der Waals surface area contributed by atoms with Crippen LogP contribution < -0.4 is 14.8 Å². The van der Waals surface area contributed by atoms with Crippen molar-refractivity contribution in [2.75, 3.05) is 11.9 Å². The Bertz CT molecular complexity index is 1010. The zero-order chi connectivity index (χ0) is 23.1. The average Bonchev–Trinajstić information content (AvgIpc) is 3.07. The van der Waals surface area contributed by atoms with Crippen molar-refractivity contribution in [3.05, 3.63) is 59.7 Å². The van der Waals surface area contributed by atoms with Crippen molar-refractivity contribution in [3.8, 4) is 11.5 Å². The average molecular weight is 444 g/mol. The summed E-state index contributed by atoms with van der Waals surface area (Å²) in [6.45, 7) is -0.777. The maximum Gasteiger partial charge on any atom is 0.387 e. The van der Waals surface area contributed by atoms with Gasteiger partial charge in [0.1, 0.15) is 0 Å². The first-order chi connectivity index (χ1) is 15.4. The number of alkyl halides is 2. The van der Waals surface area contributed by atoms with Crippen LogP contribution in [0, 0.1) is 0 Å². The summed E-state index contributed by atoms with van der Waals surface area (Å²) in [7, 11) is 0. The molecule has 2 aromatic rings. The molecule has 0 aliphatic carbocycles. The minimum Gasteiger partial charge on any atom is -0.490 e. The molecule has 0 spiro atoms. The van der Waals surface area contributed by atoms with Crippen LogP contribution in [0.25, 0.3) is 6.08 Å². The van der Waals surface area contributed by atoms with E-state index in [1.54, 1.807) is 31.2 Å². The summed E-state index contributed by atoms with van der Waals surface area (Å²) in [5.74, 6) is -0.687. The van der Waals surface area contributed by atoms with Gasteiger partial charge in [-0.15, -0.1) is 0 Å². The molecule has 0 radical (unpaired) electrons. The van der Waals surface area contributed by atoms with E-state index in [4.69, 9.17) is 4.74 Å². The number of imide groups is 1. The molecule has 0 saturated carbocycles. The van der Waals surface area contributed by atoms with Crippen LogP contribution in [0.1, 0.15) is 30.9 Å². The maximum absolute atomic E-state index is 12.5. The van der Waals surface area contributed by atoms with Gasteiger partial charge in [0, 0.05) is 24.6 Å². The lowest BCUT2D eigenvalue weighted by atomic mass is 10.1. The van der Waals surface area contributed by atoms with E-state index >= 15 is 0 Å². The van der Waals surface area contributed by atoms with Gasteiger partial charge >= 0.3 is 6.61 Å². The van der Waals surface area contributed by atoms with E-state index in [0.29, 0.717) is 11.3 Å². The van der Waals surface area contributed by atoms with Crippen LogP contribution in [0.15, 0.2) is 48.5 Å². The minimum atomic E-state index is -2.97. The molecule has 3 amide bonds. The van der Waals surface area contributed by atoms with E-state index in [9.17, 15) is 23.2 Å². The topological polar surface area (TPSA) is 84.9 Å². The fourth-order valence-corrected chi connectivity index (χ4v) is 3.12. The number of likely N-dealkylation sites (tertiary alicyclic amines) is 1. The molecule has 1 N–H and O–H groups in total. The van der Waals surface area contributed by atoms with Crippen LogP contribution in [0.4, 0.5) is 14.5 Å². The zero-order valence-corrected chi connectivity index (χ0v) is 17.3. The van der Waals surface area contributed by atoms with E-state index in [1.807, 2.05) is 0 Å². The Kier molecular flexibility index (Phi) is 7.54. The number of hydrogen-bond donors (Lipinski definition) is 1. The largest absolute Gasteiger partial charge is 0.490 e. The number of carbonyl (C=O) groups excluding carboxylic acids is 3. The molecule has 3 rings (SSSR count). The molecule has 1 aliphatic rings. The molecule has 0 aromatic heterocycles. The third kappa shape index (κ3) is 6.13. The Morgan fingerprint density at radius 1 is 1.09 bits per heavy atom. The molecule has 168 valence electrons. The molecule has 1 saturated heterocycles. The summed E-state index contributed by atoms with van der Waals surface area (Å²) < 4.78 is 34.7. The van der Waals surface area contributed by atoms with Crippen LogP contribution in [-0.2, 0) is 20.9 Å². The summed E-state index contributed by atoms with van der Waals surface area (Å²) >= 11 is 0. The normalized spacial score (nSPS) is 13.8. The molecule has 2 aromatic carbocycles. The Balaban J connectivity index is 1.59. The lowest BCUT2D eigenvalue weighted by molar-refractivity contribution is -0.139. The van der Waals surface area contributed by atoms with Gasteiger partial charge in [-0.25, -0.2) is 0 Å². The standard InChI is InChI=1S/C23H22F2N2O5/c1-2-31-19-13-15(5-9-18(19)32-23(24)25)6-10-20(28)26-17-7-3-16(4-8-17)14-27-21(29)11-12-22(27)30/h3-10,13,23H,2,11-12,14H2,1H3,(H,26,28)/b10-6+. The number of hydrogen-bond acceptors (Lipinski definition) is 5. The van der Waals surface area contributed by atoms with Crippen molar-refractivity contribution >= 4 is 29.5 Å². The van der Waals surface area contributed by atoms with Gasteiger partial charge in [0.05, 0.1) is 13.2 Å². The predicted molar refractivity (Wildman–Crippen MR) is 113 cm³/mol. The second-order valence-electron chi connectivity index (χ2n) is 6.91. The number of rotatable bonds is 9. The highest BCUT2D eigenvalue weighted by molar-refractivity contribution is 6.02. The van der Waals surface area contributed by atoms with E-state index < -0.39 is 12.5 Å². The zero-order valence-electron chi connectivity index (χ0n) is 17.3. The first kappa shape index (κ1) is 22.9. The maximum atomic E-state index is 12.5. The number of halogens is 2. The third-order valence-electron chi connectivity index (χ3n) is 4.63. The number of nitrogens with zero attached hydrogens (tertiary/aromatic N) is 1. The molecule has 1 aliphatic heterocycles. The fraction of sp³-hybridized carbons (Fsp3) is 0.261. The summed E-state index contributed by atoms with van der Waals surface area (Å²) in [6.07, 6.45) is 3.30. The molecular weight excluding hydrogens is 422 g/mol. The molecule has 9 heteroatoms. The molecule has 0 unspecified atom stereocenters. The van der Waals surface area contributed by atoms with Crippen LogP contribution in [0.5, 0.6) is 11.5 Å². The SMILES string of the molecule is CCOc1cc(/C=C/C(=O)Nc2ccc(CN3C(=O)CCC3=O)cc2)ccc1OC(F)F. The van der Waals surface area contributed by atoms with Gasteiger partial charge in [0.15, 0.2) is 11.5 Å². The Morgan fingerprint density at radius 2 is 1.78 bits per heavy atom. The number of ether oxygens (including phenoxy) is 2. The first-order valence-corrected chi connectivity index (χ1v) is 9.98. The number of benzene rings is 2. The van der Waals surface area contributed by atoms with Crippen LogP contribution >= 0.6 is 0 Å². The number of amides is 3. The van der Waals surface area contributed by atoms with Gasteiger partial charge in [-0.1, -0.05) is 18.2 Å². The summed E-state index contributed by atoms with van der Waals surface area (Å²) in [5, 5.41) is 2.70. The third-order valence-corrected chi connectivity index (χ3v) is 4.63. The Hall–Kier alpha value is -3.75. The molecule has 32 heavy (non-hydrogen) atoms. The van der Waals surface area contributed by atoms with Crippen molar-refractivity contribution in [1.29, 1.82) is 0 Å². The van der Waals surface area contributed by atoms with Crippen molar-refractivity contribution in [3.63, 3.8) is 0 Å². The first-order valence-electron chi connectivity index (χ1n) is 9.98. The number of anilines is 1. The Morgan fingerprint density at radius 3 is 2.41 bits per heavy atom. The molecular formula is C23H22F2N2O5. The number of nitrogens with one attached hydrogen (secondary N) is 1. The molecule has 0 bridgehead atoms. The second-order valence-corrected chi connectivity index (χ2v) is 6.91. The van der Waals surface area contributed by atoms with Gasteiger partial charge in [-0.3, -0.25) is 19.3 Å². The molecule has 0 atom stereocenters. The van der Waals surface area contributed by atoms with E-state index in [1.165, 1.54) is 35.3 Å². The van der Waals surface area contributed by atoms with Crippen molar-refractivity contribution in [1.82, 2.24) is 4.90 Å². The number of carbonyl (C=O) groups is 3. The lowest BCUT2D eigenvalue weighted by Gasteiger charge is -2.14. The fourth-order valence-electron chi connectivity index (χ4n) is 3.12. The highest BCUT2D eigenvalue weighted by atomic mass is 19.3. The smallest absolute Gasteiger partial charge is 0.387 e. The van der Waals surface area contributed by atoms with Gasteiger partial charge < -0.3 is 14.8 Å². The van der Waals surface area contributed by atoms with Crippen LogP contribution in [0.3, 0.4) is 0 Å². The summed E-state index contributed by atoms with van der Waals surface area (Å²) in [4.78, 5) is 36.8. The summed E-state index contributed by atoms with van der Waals surface area (Å²) in [5.41, 5.74) is 1.88.